The van der Waals surface area contributed by atoms with Gasteiger partial charge in [0.25, 0.3) is 5.91 Å². The molecule has 3 rings (SSSR count). The minimum absolute atomic E-state index is 0.0784. The molecule has 1 N–H and O–H groups in total. The maximum atomic E-state index is 12.1. The number of fused-ring (bicyclic) bond motifs is 1. The summed E-state index contributed by atoms with van der Waals surface area (Å²) in [7, 11) is 0. The van der Waals surface area contributed by atoms with E-state index in [4.69, 9.17) is 16.6 Å². The highest BCUT2D eigenvalue weighted by atomic mass is 35.5. The number of benzene rings is 2. The van der Waals surface area contributed by atoms with Crippen LogP contribution in [0.4, 0.5) is 0 Å². The number of para-hydroxylation sites is 2. The lowest BCUT2D eigenvalue weighted by Gasteiger charge is -2.07. The number of rotatable bonds is 9. The Hall–Kier alpha value is -2.59. The van der Waals surface area contributed by atoms with Gasteiger partial charge in [0.2, 0.25) is 0 Å². The zero-order valence-corrected chi connectivity index (χ0v) is 16.1. The summed E-state index contributed by atoms with van der Waals surface area (Å²) in [5.41, 5.74) is 2.78. The van der Waals surface area contributed by atoms with Crippen molar-refractivity contribution in [3.63, 3.8) is 0 Å². The molecule has 0 aliphatic rings. The van der Waals surface area contributed by atoms with Gasteiger partial charge in [-0.2, -0.15) is 0 Å². The fraction of sp³-hybridized carbons (Fsp3) is 0.273. The molecule has 1 aromatic heterocycles. The topological polar surface area (TPSA) is 46.9 Å². The molecule has 0 bridgehead atoms. The molecule has 0 spiro atoms. The van der Waals surface area contributed by atoms with Crippen LogP contribution in [0, 0.1) is 0 Å². The molecule has 3 aromatic rings. The van der Waals surface area contributed by atoms with Crippen molar-refractivity contribution in [3.05, 3.63) is 77.6 Å². The SMILES string of the molecule is C=CCn1c(CCCCCNC(=O)c2cccc(Cl)c2)nc2ccccc21. The van der Waals surface area contributed by atoms with Gasteiger partial charge in [0.1, 0.15) is 5.82 Å². The highest BCUT2D eigenvalue weighted by Crippen LogP contribution is 2.18. The van der Waals surface area contributed by atoms with E-state index in [-0.39, 0.29) is 5.91 Å². The van der Waals surface area contributed by atoms with Gasteiger partial charge in [-0.05, 0) is 43.2 Å². The van der Waals surface area contributed by atoms with Gasteiger partial charge in [-0.1, -0.05) is 42.3 Å². The molecule has 0 unspecified atom stereocenters. The lowest BCUT2D eigenvalue weighted by molar-refractivity contribution is 0.0953. The Morgan fingerprint density at radius 2 is 2.00 bits per heavy atom. The second kappa shape index (κ2) is 9.38. The molecule has 0 saturated carbocycles. The number of amides is 1. The third kappa shape index (κ3) is 4.98. The number of allylic oxidation sites excluding steroid dienone is 1. The minimum atomic E-state index is -0.0784. The minimum Gasteiger partial charge on any atom is -0.352 e. The van der Waals surface area contributed by atoms with Crippen molar-refractivity contribution in [2.24, 2.45) is 0 Å². The molecule has 0 atom stereocenters. The molecule has 0 radical (unpaired) electrons. The highest BCUT2D eigenvalue weighted by molar-refractivity contribution is 6.30. The summed E-state index contributed by atoms with van der Waals surface area (Å²) in [4.78, 5) is 16.8. The Balaban J connectivity index is 1.45. The smallest absolute Gasteiger partial charge is 0.251 e. The lowest BCUT2D eigenvalue weighted by atomic mass is 10.1. The summed E-state index contributed by atoms with van der Waals surface area (Å²) in [5, 5.41) is 3.52. The van der Waals surface area contributed by atoms with E-state index in [1.807, 2.05) is 24.3 Å². The maximum absolute atomic E-state index is 12.1. The van der Waals surface area contributed by atoms with Crippen LogP contribution in [0.1, 0.15) is 35.4 Å². The predicted molar refractivity (Wildman–Crippen MR) is 111 cm³/mol. The maximum Gasteiger partial charge on any atom is 0.251 e. The van der Waals surface area contributed by atoms with Gasteiger partial charge < -0.3 is 9.88 Å². The standard InChI is InChI=1S/C22H24ClN3O/c1-2-15-26-20-12-6-5-11-19(20)25-21(26)13-4-3-7-14-24-22(27)17-9-8-10-18(23)16-17/h2,5-6,8-12,16H,1,3-4,7,13-15H2,(H,24,27). The van der Waals surface area contributed by atoms with Gasteiger partial charge in [0, 0.05) is 30.1 Å². The Morgan fingerprint density at radius 3 is 2.81 bits per heavy atom. The predicted octanol–water partition coefficient (Wildman–Crippen LogP) is 5.02. The first kappa shape index (κ1) is 19.2. The lowest BCUT2D eigenvalue weighted by Crippen LogP contribution is -2.24. The first-order valence-electron chi connectivity index (χ1n) is 9.28. The number of nitrogens with one attached hydrogen (secondary N) is 1. The first-order valence-corrected chi connectivity index (χ1v) is 9.65. The van der Waals surface area contributed by atoms with E-state index in [9.17, 15) is 4.79 Å². The van der Waals surface area contributed by atoms with Crippen molar-refractivity contribution in [1.82, 2.24) is 14.9 Å². The number of imidazole rings is 1. The van der Waals surface area contributed by atoms with E-state index in [0.717, 1.165) is 49.1 Å². The number of aromatic nitrogens is 2. The number of nitrogens with zero attached hydrogens (tertiary/aromatic N) is 2. The van der Waals surface area contributed by atoms with Crippen molar-refractivity contribution < 1.29 is 4.79 Å². The molecule has 0 aliphatic heterocycles. The van der Waals surface area contributed by atoms with Crippen LogP contribution in [0.5, 0.6) is 0 Å². The number of aryl methyl sites for hydroxylation is 1. The summed E-state index contributed by atoms with van der Waals surface area (Å²) in [6, 6.07) is 15.2. The molecular weight excluding hydrogens is 358 g/mol. The molecule has 4 nitrogen and oxygen atoms in total. The number of hydrogen-bond acceptors (Lipinski definition) is 2. The molecule has 5 heteroatoms. The van der Waals surface area contributed by atoms with Gasteiger partial charge in [0.15, 0.2) is 0 Å². The zero-order valence-electron chi connectivity index (χ0n) is 15.3. The van der Waals surface area contributed by atoms with Crippen LogP contribution in [-0.4, -0.2) is 22.0 Å². The van der Waals surface area contributed by atoms with Crippen molar-refractivity contribution >= 4 is 28.5 Å². The molecule has 0 fully saturated rings. The summed E-state index contributed by atoms with van der Waals surface area (Å²) < 4.78 is 2.23. The molecule has 1 amide bonds. The molecular formula is C22H24ClN3O. The van der Waals surface area contributed by atoms with Crippen molar-refractivity contribution in [2.75, 3.05) is 6.54 Å². The number of unbranched alkanes of at least 4 members (excludes halogenated alkanes) is 2. The van der Waals surface area contributed by atoms with E-state index in [2.05, 4.69) is 22.5 Å². The van der Waals surface area contributed by atoms with E-state index in [1.54, 1.807) is 24.3 Å². The average molecular weight is 382 g/mol. The number of carbonyl (C=O) groups excluding carboxylic acids is 1. The van der Waals surface area contributed by atoms with Gasteiger partial charge in [-0.3, -0.25) is 4.79 Å². The van der Waals surface area contributed by atoms with Crippen LogP contribution in [0.15, 0.2) is 61.2 Å². The fourth-order valence-corrected chi connectivity index (χ4v) is 3.36. The van der Waals surface area contributed by atoms with Crippen LogP contribution in [-0.2, 0) is 13.0 Å². The zero-order chi connectivity index (χ0) is 19.1. The molecule has 27 heavy (non-hydrogen) atoms. The van der Waals surface area contributed by atoms with Crippen molar-refractivity contribution in [2.45, 2.75) is 32.2 Å². The number of hydrogen-bond donors (Lipinski definition) is 1. The number of halogens is 1. The van der Waals surface area contributed by atoms with Gasteiger partial charge >= 0.3 is 0 Å². The molecule has 1 heterocycles. The van der Waals surface area contributed by atoms with E-state index in [0.29, 0.717) is 17.1 Å². The van der Waals surface area contributed by atoms with Crippen LogP contribution < -0.4 is 5.32 Å². The van der Waals surface area contributed by atoms with Crippen molar-refractivity contribution in [1.29, 1.82) is 0 Å². The van der Waals surface area contributed by atoms with E-state index < -0.39 is 0 Å². The third-order valence-electron chi connectivity index (χ3n) is 4.49. The molecule has 0 aliphatic carbocycles. The third-order valence-corrected chi connectivity index (χ3v) is 4.73. The Labute approximate surface area is 164 Å². The second-order valence-electron chi connectivity index (χ2n) is 6.49. The molecule has 140 valence electrons. The second-order valence-corrected chi connectivity index (χ2v) is 6.93. The Morgan fingerprint density at radius 1 is 1.15 bits per heavy atom. The quantitative estimate of drug-likeness (QED) is 0.418. The van der Waals surface area contributed by atoms with Crippen LogP contribution in [0.25, 0.3) is 11.0 Å². The van der Waals surface area contributed by atoms with Crippen LogP contribution in [0.3, 0.4) is 0 Å². The summed E-state index contributed by atoms with van der Waals surface area (Å²) >= 11 is 5.92. The van der Waals surface area contributed by atoms with E-state index in [1.165, 1.54) is 0 Å². The Kier molecular flexibility index (Phi) is 6.66. The van der Waals surface area contributed by atoms with E-state index >= 15 is 0 Å². The summed E-state index contributed by atoms with van der Waals surface area (Å²) in [5.74, 6) is 1.02. The van der Waals surface area contributed by atoms with Crippen molar-refractivity contribution in [3.8, 4) is 0 Å². The highest BCUT2D eigenvalue weighted by Gasteiger charge is 2.09. The summed E-state index contributed by atoms with van der Waals surface area (Å²) in [6.07, 6.45) is 5.84. The average Bonchev–Trinajstić information content (AvgIpc) is 3.02. The molecule has 0 saturated heterocycles. The first-order chi connectivity index (χ1) is 13.2. The largest absolute Gasteiger partial charge is 0.352 e. The number of carbonyl (C=O) groups is 1. The molecule has 2 aromatic carbocycles. The summed E-state index contributed by atoms with van der Waals surface area (Å²) in [6.45, 7) is 5.28. The van der Waals surface area contributed by atoms with Crippen LogP contribution in [0.2, 0.25) is 5.02 Å². The van der Waals surface area contributed by atoms with Gasteiger partial charge in [-0.15, -0.1) is 6.58 Å². The van der Waals surface area contributed by atoms with Crippen LogP contribution >= 0.6 is 11.6 Å². The van der Waals surface area contributed by atoms with Gasteiger partial charge in [0.05, 0.1) is 11.0 Å². The normalized spacial score (nSPS) is 10.9. The monoisotopic (exact) mass is 381 g/mol. The Bertz CT molecular complexity index is 932. The fourth-order valence-electron chi connectivity index (χ4n) is 3.17. The van der Waals surface area contributed by atoms with Gasteiger partial charge in [-0.25, -0.2) is 4.98 Å².